The molecule has 1 aromatic rings. The summed E-state index contributed by atoms with van der Waals surface area (Å²) in [6, 6.07) is 7.83. The Morgan fingerprint density at radius 3 is 2.35 bits per heavy atom. The van der Waals surface area contributed by atoms with Crippen LogP contribution in [0.1, 0.15) is 38.2 Å². The molecule has 0 aliphatic carbocycles. The van der Waals surface area contributed by atoms with E-state index in [0.29, 0.717) is 12.3 Å². The molecule has 0 heterocycles. The molecule has 0 spiro atoms. The number of methoxy groups -OCH3 is 1. The number of rotatable bonds is 6. The number of hydrogen-bond acceptors (Lipinski definition) is 3. The second-order valence-corrected chi connectivity index (χ2v) is 4.55. The van der Waals surface area contributed by atoms with Gasteiger partial charge in [0.15, 0.2) is 0 Å². The van der Waals surface area contributed by atoms with E-state index in [1.807, 2.05) is 31.2 Å². The van der Waals surface area contributed by atoms with E-state index in [1.54, 1.807) is 7.11 Å². The van der Waals surface area contributed by atoms with Crippen LogP contribution in [0, 0.1) is 0 Å². The minimum atomic E-state index is -0.433. The van der Waals surface area contributed by atoms with Gasteiger partial charge in [-0.3, -0.25) is 0 Å². The largest absolute Gasteiger partial charge is 0.497 e. The van der Waals surface area contributed by atoms with E-state index >= 15 is 0 Å². The van der Waals surface area contributed by atoms with Gasteiger partial charge in [-0.05, 0) is 36.5 Å². The molecular weight excluding hydrogens is 214 g/mol. The van der Waals surface area contributed by atoms with E-state index in [4.69, 9.17) is 10.5 Å². The van der Waals surface area contributed by atoms with E-state index in [0.717, 1.165) is 12.2 Å². The van der Waals surface area contributed by atoms with Crippen molar-refractivity contribution >= 4 is 0 Å². The van der Waals surface area contributed by atoms with Gasteiger partial charge in [-0.2, -0.15) is 0 Å². The van der Waals surface area contributed by atoms with E-state index in [-0.39, 0.29) is 6.04 Å². The van der Waals surface area contributed by atoms with E-state index < -0.39 is 6.10 Å². The second kappa shape index (κ2) is 6.62. The lowest BCUT2D eigenvalue weighted by Crippen LogP contribution is -2.34. The fraction of sp³-hybridized carbons (Fsp3) is 0.571. The number of hydrogen-bond donors (Lipinski definition) is 2. The maximum absolute atomic E-state index is 9.90. The van der Waals surface area contributed by atoms with Gasteiger partial charge in [0, 0.05) is 6.04 Å². The predicted molar refractivity (Wildman–Crippen MR) is 70.3 cm³/mol. The lowest BCUT2D eigenvalue weighted by Gasteiger charge is -2.21. The van der Waals surface area contributed by atoms with Gasteiger partial charge >= 0.3 is 0 Å². The molecule has 0 aliphatic heterocycles. The Kier molecular flexibility index (Phi) is 5.45. The Bertz CT molecular complexity index is 323. The molecule has 1 aromatic carbocycles. The summed E-state index contributed by atoms with van der Waals surface area (Å²) in [7, 11) is 1.66. The average Bonchev–Trinajstić information content (AvgIpc) is 2.37. The molecule has 3 nitrogen and oxygen atoms in total. The van der Waals surface area contributed by atoms with Gasteiger partial charge in [0.1, 0.15) is 5.75 Å². The van der Waals surface area contributed by atoms with Gasteiger partial charge in [0.25, 0.3) is 0 Å². The molecule has 0 saturated carbocycles. The Morgan fingerprint density at radius 2 is 1.88 bits per heavy atom. The number of aliphatic hydroxyl groups is 1. The predicted octanol–water partition coefficient (Wildman–Crippen LogP) is 2.29. The first kappa shape index (κ1) is 14.0. The molecule has 3 N–H and O–H groups in total. The van der Waals surface area contributed by atoms with Crippen molar-refractivity contribution < 1.29 is 9.84 Å². The maximum atomic E-state index is 9.90. The fourth-order valence-electron chi connectivity index (χ4n) is 1.88. The van der Waals surface area contributed by atoms with Crippen LogP contribution in [-0.2, 0) is 0 Å². The molecule has 0 radical (unpaired) electrons. The summed E-state index contributed by atoms with van der Waals surface area (Å²) in [5, 5.41) is 9.90. The zero-order valence-electron chi connectivity index (χ0n) is 10.9. The molecule has 0 amide bonds. The van der Waals surface area contributed by atoms with Crippen molar-refractivity contribution in [1.82, 2.24) is 0 Å². The highest BCUT2D eigenvalue weighted by Crippen LogP contribution is 2.23. The smallest absolute Gasteiger partial charge is 0.118 e. The van der Waals surface area contributed by atoms with Crippen LogP contribution >= 0.6 is 0 Å². The Morgan fingerprint density at radius 1 is 1.29 bits per heavy atom. The lowest BCUT2D eigenvalue weighted by atomic mass is 9.92. The molecule has 3 atom stereocenters. The van der Waals surface area contributed by atoms with Gasteiger partial charge in [-0.15, -0.1) is 0 Å². The van der Waals surface area contributed by atoms with Crippen molar-refractivity contribution in [3.8, 4) is 5.75 Å². The third-order valence-corrected chi connectivity index (χ3v) is 3.25. The van der Waals surface area contributed by atoms with Crippen LogP contribution in [-0.4, -0.2) is 24.4 Å². The van der Waals surface area contributed by atoms with Crippen LogP contribution in [0.4, 0.5) is 0 Å². The van der Waals surface area contributed by atoms with Gasteiger partial charge in [0.2, 0.25) is 0 Å². The molecule has 0 aromatic heterocycles. The normalized spacial score (nSPS) is 16.3. The Hall–Kier alpha value is -1.06. The molecule has 17 heavy (non-hydrogen) atoms. The molecular formula is C14H23NO2. The summed E-state index contributed by atoms with van der Waals surface area (Å²) in [6.45, 7) is 4.10. The Balaban J connectivity index is 2.59. The molecule has 0 fully saturated rings. The summed E-state index contributed by atoms with van der Waals surface area (Å²) < 4.78 is 5.12. The topological polar surface area (TPSA) is 55.5 Å². The zero-order chi connectivity index (χ0) is 12.8. The van der Waals surface area contributed by atoms with Crippen molar-refractivity contribution in [3.05, 3.63) is 29.8 Å². The Labute approximate surface area is 104 Å². The summed E-state index contributed by atoms with van der Waals surface area (Å²) in [4.78, 5) is 0. The van der Waals surface area contributed by atoms with Crippen molar-refractivity contribution in [2.75, 3.05) is 7.11 Å². The molecule has 3 unspecified atom stereocenters. The third-order valence-electron chi connectivity index (χ3n) is 3.25. The van der Waals surface area contributed by atoms with Crippen molar-refractivity contribution in [2.45, 2.75) is 44.8 Å². The minimum absolute atomic E-state index is 0.129. The third kappa shape index (κ3) is 4.02. The monoisotopic (exact) mass is 237 g/mol. The van der Waals surface area contributed by atoms with Gasteiger partial charge in [-0.25, -0.2) is 0 Å². The summed E-state index contributed by atoms with van der Waals surface area (Å²) >= 11 is 0. The molecule has 96 valence electrons. The first-order valence-electron chi connectivity index (χ1n) is 6.16. The highest BCUT2D eigenvalue weighted by Gasteiger charge is 2.17. The van der Waals surface area contributed by atoms with Crippen molar-refractivity contribution in [3.63, 3.8) is 0 Å². The highest BCUT2D eigenvalue weighted by atomic mass is 16.5. The number of aliphatic hydroxyl groups excluding tert-OH is 1. The number of nitrogens with two attached hydrogens (primary N) is 1. The number of ether oxygens (including phenoxy) is 1. The summed E-state index contributed by atoms with van der Waals surface area (Å²) in [5.41, 5.74) is 7.02. The van der Waals surface area contributed by atoms with Gasteiger partial charge in [0.05, 0.1) is 13.2 Å². The molecule has 1 rings (SSSR count). The van der Waals surface area contributed by atoms with Gasteiger partial charge in [-0.1, -0.05) is 26.0 Å². The first-order chi connectivity index (χ1) is 8.08. The van der Waals surface area contributed by atoms with Crippen LogP contribution < -0.4 is 10.5 Å². The molecule has 0 aliphatic rings. The van der Waals surface area contributed by atoms with Crippen LogP contribution in [0.15, 0.2) is 24.3 Å². The highest BCUT2D eigenvalue weighted by molar-refractivity contribution is 5.29. The van der Waals surface area contributed by atoms with Crippen LogP contribution in [0.3, 0.4) is 0 Å². The fourth-order valence-corrected chi connectivity index (χ4v) is 1.88. The summed E-state index contributed by atoms with van der Waals surface area (Å²) in [5.74, 6) is 1.15. The number of benzene rings is 1. The van der Waals surface area contributed by atoms with E-state index in [2.05, 4.69) is 6.92 Å². The SMILES string of the molecule is CCC(N)C(O)CC(C)c1ccc(OC)cc1. The van der Waals surface area contributed by atoms with Crippen LogP contribution in [0.25, 0.3) is 0 Å². The van der Waals surface area contributed by atoms with Crippen LogP contribution in [0.2, 0.25) is 0 Å². The first-order valence-corrected chi connectivity index (χ1v) is 6.16. The second-order valence-electron chi connectivity index (χ2n) is 4.55. The van der Waals surface area contributed by atoms with Crippen molar-refractivity contribution in [1.29, 1.82) is 0 Å². The summed E-state index contributed by atoms with van der Waals surface area (Å²) in [6.07, 6.45) is 1.06. The maximum Gasteiger partial charge on any atom is 0.118 e. The lowest BCUT2D eigenvalue weighted by molar-refractivity contribution is 0.126. The standard InChI is InChI=1S/C14H23NO2/c1-4-13(15)14(16)9-10(2)11-5-7-12(17-3)8-6-11/h5-8,10,13-14,16H,4,9,15H2,1-3H3. The molecule has 3 heteroatoms. The van der Waals surface area contributed by atoms with E-state index in [9.17, 15) is 5.11 Å². The average molecular weight is 237 g/mol. The molecule has 0 saturated heterocycles. The minimum Gasteiger partial charge on any atom is -0.497 e. The zero-order valence-corrected chi connectivity index (χ0v) is 10.9. The van der Waals surface area contributed by atoms with E-state index in [1.165, 1.54) is 5.56 Å². The van der Waals surface area contributed by atoms with Gasteiger partial charge < -0.3 is 15.6 Å². The van der Waals surface area contributed by atoms with Crippen LogP contribution in [0.5, 0.6) is 5.75 Å². The molecule has 0 bridgehead atoms. The quantitative estimate of drug-likeness (QED) is 0.798. The van der Waals surface area contributed by atoms with Crippen molar-refractivity contribution in [2.24, 2.45) is 5.73 Å².